The van der Waals surface area contributed by atoms with Crippen LogP contribution < -0.4 is 0 Å². The number of carbonyl (C=O) groups is 1. The molecule has 6 heteroatoms. The van der Waals surface area contributed by atoms with Gasteiger partial charge in [0, 0.05) is 26.1 Å². The van der Waals surface area contributed by atoms with Crippen LogP contribution in [-0.2, 0) is 9.53 Å². The Balaban J connectivity index is 3.43. The molecule has 0 bridgehead atoms. The van der Waals surface area contributed by atoms with Crippen LogP contribution in [0.15, 0.2) is 36.5 Å². The highest BCUT2D eigenvalue weighted by molar-refractivity contribution is 5.69. The van der Waals surface area contributed by atoms with E-state index in [1.807, 2.05) is 0 Å². The molecule has 0 amide bonds. The van der Waals surface area contributed by atoms with Crippen molar-refractivity contribution < 1.29 is 19.8 Å². The molecule has 0 aromatic carbocycles. The fraction of sp³-hybridized carbons (Fsp3) is 0.881. The van der Waals surface area contributed by atoms with Crippen LogP contribution in [0.3, 0.4) is 0 Å². The second-order valence-electron chi connectivity index (χ2n) is 19.7. The molecule has 2 N–H and O–H groups in total. The number of hydrogen-bond acceptors (Lipinski definition) is 6. The van der Waals surface area contributed by atoms with Gasteiger partial charge in [0.1, 0.15) is 0 Å². The Morgan fingerprint density at radius 1 is 0.385 bits per heavy atom. The minimum Gasteiger partial charge on any atom is -0.466 e. The lowest BCUT2D eigenvalue weighted by molar-refractivity contribution is -0.143. The molecule has 0 aliphatic carbocycles. The summed E-state index contributed by atoms with van der Waals surface area (Å²) < 4.78 is 5.50. The summed E-state index contributed by atoms with van der Waals surface area (Å²) in [5, 5.41) is 21.3. The number of hydroxylamine groups is 2. The molecule has 0 unspecified atom stereocenters. The monoisotopic (exact) mass is 915 g/mol. The number of carbonyl (C=O) groups excluding carboxylic acids is 1. The molecule has 0 rings (SSSR count). The highest BCUT2D eigenvalue weighted by Gasteiger charge is 2.06. The number of hydrogen-bond donors (Lipinski definition) is 2. The molecular weight excluding hydrogens is 801 g/mol. The number of ether oxygens (including phenoxy) is 1. The number of unbranched alkanes of at least 4 members (excludes halogenated alkanes) is 35. The zero-order valence-electron chi connectivity index (χ0n) is 43.9. The van der Waals surface area contributed by atoms with Gasteiger partial charge < -0.3 is 20.0 Å². The Kier molecular flexibility index (Phi) is 55.6. The van der Waals surface area contributed by atoms with E-state index >= 15 is 0 Å². The lowest BCUT2D eigenvalue weighted by Crippen LogP contribution is -2.29. The minimum atomic E-state index is -0.0195. The molecule has 0 fully saturated rings. The van der Waals surface area contributed by atoms with E-state index in [2.05, 4.69) is 55.2 Å². The van der Waals surface area contributed by atoms with Crippen molar-refractivity contribution in [2.24, 2.45) is 0 Å². The summed E-state index contributed by atoms with van der Waals surface area (Å²) >= 11 is 0. The molecular formula is C59H114N2O4. The van der Waals surface area contributed by atoms with Crippen molar-refractivity contribution in [2.45, 2.75) is 290 Å². The van der Waals surface area contributed by atoms with E-state index in [1.54, 1.807) is 5.06 Å². The van der Waals surface area contributed by atoms with Gasteiger partial charge in [-0.15, -0.1) is 0 Å². The van der Waals surface area contributed by atoms with Crippen LogP contribution in [0, 0.1) is 0 Å². The maximum Gasteiger partial charge on any atom is 0.305 e. The smallest absolute Gasteiger partial charge is 0.305 e. The molecule has 0 saturated carbocycles. The zero-order valence-corrected chi connectivity index (χ0v) is 43.9. The fourth-order valence-electron chi connectivity index (χ4n) is 8.83. The highest BCUT2D eigenvalue weighted by atomic mass is 16.5. The second kappa shape index (κ2) is 56.9. The fourth-order valence-corrected chi connectivity index (χ4v) is 8.83. The lowest BCUT2D eigenvalue weighted by atomic mass is 10.1. The molecule has 0 aliphatic heterocycles. The van der Waals surface area contributed by atoms with Gasteiger partial charge in [0.15, 0.2) is 0 Å². The van der Waals surface area contributed by atoms with Crippen molar-refractivity contribution in [2.75, 3.05) is 45.9 Å². The van der Waals surface area contributed by atoms with Crippen molar-refractivity contribution in [3.63, 3.8) is 0 Å². The van der Waals surface area contributed by atoms with Crippen LogP contribution in [0.25, 0.3) is 0 Å². The summed E-state index contributed by atoms with van der Waals surface area (Å²) in [6.07, 6.45) is 67.7. The van der Waals surface area contributed by atoms with Crippen molar-refractivity contribution >= 4 is 5.97 Å². The zero-order chi connectivity index (χ0) is 47.0. The molecule has 6 nitrogen and oxygen atoms in total. The predicted molar refractivity (Wildman–Crippen MR) is 285 cm³/mol. The van der Waals surface area contributed by atoms with Crippen molar-refractivity contribution in [3.05, 3.63) is 36.5 Å². The summed E-state index contributed by atoms with van der Waals surface area (Å²) in [5.41, 5.74) is 0. The largest absolute Gasteiger partial charge is 0.466 e. The van der Waals surface area contributed by atoms with Crippen LogP contribution in [0.5, 0.6) is 0 Å². The first-order chi connectivity index (χ1) is 32.1. The van der Waals surface area contributed by atoms with Gasteiger partial charge in [-0.2, -0.15) is 5.06 Å². The van der Waals surface area contributed by atoms with Gasteiger partial charge in [-0.25, -0.2) is 0 Å². The van der Waals surface area contributed by atoms with E-state index in [9.17, 15) is 15.1 Å². The van der Waals surface area contributed by atoms with Crippen LogP contribution in [0.1, 0.15) is 290 Å². The normalized spacial score (nSPS) is 12.2. The average molecular weight is 916 g/mol. The molecule has 384 valence electrons. The summed E-state index contributed by atoms with van der Waals surface area (Å²) in [5.74, 6) is -0.0195. The first-order valence-electron chi connectivity index (χ1n) is 29.0. The standard InChI is InChI=1S/C59H114N2O4/c1-3-5-7-9-11-13-15-17-19-21-23-25-28-34-40-46-52-60(56-57-62)53-47-41-35-29-27-31-38-44-50-58-65-59(63)51-45-39-33-32-37-43-49-55-61(64)54-48-42-36-30-26-24-22-20-18-16-14-12-10-8-6-4-2/h11,13,17-20,62,64H,3-10,12,14-16,21-58H2,1-2H3/b13-11-,19-17-,20-18-. The van der Waals surface area contributed by atoms with E-state index in [-0.39, 0.29) is 12.6 Å². The first kappa shape index (κ1) is 63.5. The average Bonchev–Trinajstić information content (AvgIpc) is 3.30. The Bertz CT molecular complexity index is 999. The SMILES string of the molecule is CCCCC/C=C\C/C=C\CCCCCCCCN(CCO)CCCCCCCCCCCOC(=O)CCCCCCCCCN(O)CCCCCCCC/C=C\CCCCCCCC. The molecule has 0 atom stereocenters. The van der Waals surface area contributed by atoms with Crippen LogP contribution in [-0.4, -0.2) is 72.2 Å². The van der Waals surface area contributed by atoms with Gasteiger partial charge in [-0.05, 0) is 109 Å². The first-order valence-corrected chi connectivity index (χ1v) is 29.0. The van der Waals surface area contributed by atoms with E-state index in [0.717, 1.165) is 77.7 Å². The number of allylic oxidation sites excluding steroid dienone is 6. The molecule has 0 radical (unpaired) electrons. The maximum atomic E-state index is 12.1. The molecule has 0 heterocycles. The topological polar surface area (TPSA) is 73.2 Å². The van der Waals surface area contributed by atoms with Crippen LogP contribution >= 0.6 is 0 Å². The van der Waals surface area contributed by atoms with E-state index in [0.29, 0.717) is 13.0 Å². The van der Waals surface area contributed by atoms with Gasteiger partial charge in [0.05, 0.1) is 13.2 Å². The third-order valence-electron chi connectivity index (χ3n) is 13.2. The van der Waals surface area contributed by atoms with E-state index < -0.39 is 0 Å². The van der Waals surface area contributed by atoms with Gasteiger partial charge in [-0.1, -0.05) is 224 Å². The Morgan fingerprint density at radius 2 is 0.708 bits per heavy atom. The number of aliphatic hydroxyl groups is 1. The van der Waals surface area contributed by atoms with E-state index in [4.69, 9.17) is 4.74 Å². The maximum absolute atomic E-state index is 12.1. The van der Waals surface area contributed by atoms with Gasteiger partial charge in [0.2, 0.25) is 0 Å². The molecule has 0 aromatic heterocycles. The van der Waals surface area contributed by atoms with Gasteiger partial charge >= 0.3 is 5.97 Å². The molecule has 0 aromatic rings. The number of aliphatic hydroxyl groups excluding tert-OH is 1. The van der Waals surface area contributed by atoms with E-state index in [1.165, 1.54) is 225 Å². The van der Waals surface area contributed by atoms with Crippen molar-refractivity contribution in [1.29, 1.82) is 0 Å². The Hall–Kier alpha value is -1.47. The number of nitrogens with zero attached hydrogens (tertiary/aromatic N) is 2. The summed E-state index contributed by atoms with van der Waals surface area (Å²) in [4.78, 5) is 14.6. The molecule has 0 aliphatic rings. The van der Waals surface area contributed by atoms with Crippen molar-refractivity contribution in [3.8, 4) is 0 Å². The lowest BCUT2D eigenvalue weighted by Gasteiger charge is -2.21. The highest BCUT2D eigenvalue weighted by Crippen LogP contribution is 2.15. The third kappa shape index (κ3) is 55.0. The molecule has 0 spiro atoms. The predicted octanol–water partition coefficient (Wildman–Crippen LogP) is 18.0. The number of rotatable bonds is 55. The van der Waals surface area contributed by atoms with Crippen molar-refractivity contribution in [1.82, 2.24) is 9.96 Å². The quantitative estimate of drug-likeness (QED) is 0.0274. The summed E-state index contributed by atoms with van der Waals surface area (Å²) in [6, 6.07) is 0. The number of esters is 1. The Morgan fingerprint density at radius 3 is 1.14 bits per heavy atom. The Labute approximate surface area is 406 Å². The van der Waals surface area contributed by atoms with Gasteiger partial charge in [0.25, 0.3) is 0 Å². The van der Waals surface area contributed by atoms with Crippen LogP contribution in [0.2, 0.25) is 0 Å². The molecule has 65 heavy (non-hydrogen) atoms. The van der Waals surface area contributed by atoms with Gasteiger partial charge in [-0.3, -0.25) is 4.79 Å². The minimum absolute atomic E-state index is 0.0195. The third-order valence-corrected chi connectivity index (χ3v) is 13.2. The summed E-state index contributed by atoms with van der Waals surface area (Å²) in [6.45, 7) is 10.1. The van der Waals surface area contributed by atoms with Crippen LogP contribution in [0.4, 0.5) is 0 Å². The molecule has 0 saturated heterocycles. The summed E-state index contributed by atoms with van der Waals surface area (Å²) in [7, 11) is 0. The second-order valence-corrected chi connectivity index (χ2v) is 19.7.